The van der Waals surface area contributed by atoms with Gasteiger partial charge in [-0.2, -0.15) is 18.3 Å². The molecule has 0 saturated carbocycles. The third kappa shape index (κ3) is 3.54. The molecule has 1 fully saturated rings. The van der Waals surface area contributed by atoms with Crippen molar-refractivity contribution in [3.63, 3.8) is 0 Å². The first-order valence-electron chi connectivity index (χ1n) is 7.67. The van der Waals surface area contributed by atoms with E-state index >= 15 is 0 Å². The molecule has 24 heavy (non-hydrogen) atoms. The summed E-state index contributed by atoms with van der Waals surface area (Å²) in [4.78, 5) is 24.8. The van der Waals surface area contributed by atoms with E-state index in [9.17, 15) is 22.8 Å². The van der Waals surface area contributed by atoms with Crippen LogP contribution in [0.1, 0.15) is 41.5 Å². The predicted molar refractivity (Wildman–Crippen MR) is 80.4 cm³/mol. The van der Waals surface area contributed by atoms with E-state index in [0.717, 1.165) is 11.8 Å². The highest BCUT2D eigenvalue weighted by atomic mass is 19.4. The van der Waals surface area contributed by atoms with Crippen LogP contribution in [0, 0.1) is 13.8 Å². The Hall–Kier alpha value is -2.06. The van der Waals surface area contributed by atoms with E-state index in [4.69, 9.17) is 0 Å². The van der Waals surface area contributed by atoms with Crippen LogP contribution < -0.4 is 5.32 Å². The first-order chi connectivity index (χ1) is 11.0. The molecule has 2 amide bonds. The quantitative estimate of drug-likeness (QED) is 0.886. The zero-order chi connectivity index (χ0) is 18.2. The van der Waals surface area contributed by atoms with Gasteiger partial charge in [0.1, 0.15) is 6.04 Å². The first-order valence-corrected chi connectivity index (χ1v) is 7.67. The number of hydrogen-bond donors (Lipinski definition) is 1. The number of carbonyl (C=O) groups is 2. The maximum atomic E-state index is 13.0. The van der Waals surface area contributed by atoms with Crippen LogP contribution in [0.2, 0.25) is 0 Å². The number of carbonyl (C=O) groups excluding carboxylic acids is 2. The van der Waals surface area contributed by atoms with Crippen molar-refractivity contribution in [1.82, 2.24) is 20.0 Å². The van der Waals surface area contributed by atoms with Crippen LogP contribution in [0.15, 0.2) is 0 Å². The summed E-state index contributed by atoms with van der Waals surface area (Å²) in [7, 11) is 1.71. The topological polar surface area (TPSA) is 67.2 Å². The van der Waals surface area contributed by atoms with E-state index in [1.54, 1.807) is 25.6 Å². The Bertz CT molecular complexity index is 654. The third-order valence-corrected chi connectivity index (χ3v) is 4.44. The van der Waals surface area contributed by atoms with Crippen molar-refractivity contribution < 1.29 is 22.8 Å². The number of piperidine rings is 1. The smallest absolute Gasteiger partial charge is 0.347 e. The molecule has 0 aliphatic carbocycles. The van der Waals surface area contributed by atoms with Gasteiger partial charge < -0.3 is 10.2 Å². The second-order valence-corrected chi connectivity index (χ2v) is 6.15. The number of aryl methyl sites for hydroxylation is 2. The molecule has 0 bridgehead atoms. The molecule has 134 valence electrons. The van der Waals surface area contributed by atoms with Gasteiger partial charge >= 0.3 is 6.18 Å². The van der Waals surface area contributed by atoms with Crippen LogP contribution in [0.4, 0.5) is 13.2 Å². The van der Waals surface area contributed by atoms with Crippen LogP contribution in [0.25, 0.3) is 0 Å². The summed E-state index contributed by atoms with van der Waals surface area (Å²) < 4.78 is 40.6. The van der Waals surface area contributed by atoms with Crippen molar-refractivity contribution in [2.75, 3.05) is 6.54 Å². The van der Waals surface area contributed by atoms with Crippen molar-refractivity contribution in [3.8, 4) is 0 Å². The van der Waals surface area contributed by atoms with Gasteiger partial charge in [-0.3, -0.25) is 14.3 Å². The molecule has 2 unspecified atom stereocenters. The summed E-state index contributed by atoms with van der Waals surface area (Å²) in [5.74, 6) is -1.03. The Morgan fingerprint density at radius 1 is 1.25 bits per heavy atom. The van der Waals surface area contributed by atoms with Crippen LogP contribution in [-0.2, 0) is 11.8 Å². The minimum absolute atomic E-state index is 0.149. The highest BCUT2D eigenvalue weighted by Gasteiger charge is 2.47. The molecular weight excluding hydrogens is 325 g/mol. The molecule has 1 aliphatic rings. The number of nitrogens with zero attached hydrogens (tertiary/aromatic N) is 3. The number of alkyl halides is 3. The molecule has 1 aromatic rings. The van der Waals surface area contributed by atoms with E-state index in [1.165, 1.54) is 0 Å². The van der Waals surface area contributed by atoms with E-state index in [0.29, 0.717) is 17.0 Å². The lowest BCUT2D eigenvalue weighted by Crippen LogP contribution is -2.57. The van der Waals surface area contributed by atoms with Crippen molar-refractivity contribution in [1.29, 1.82) is 0 Å². The zero-order valence-electron chi connectivity index (χ0n) is 14.1. The molecule has 0 spiro atoms. The molecule has 2 heterocycles. The van der Waals surface area contributed by atoms with Crippen LogP contribution in [0.3, 0.4) is 0 Å². The van der Waals surface area contributed by atoms with Gasteiger partial charge in [-0.25, -0.2) is 0 Å². The second kappa shape index (κ2) is 6.45. The van der Waals surface area contributed by atoms with E-state index in [1.807, 2.05) is 0 Å². The number of rotatable bonds is 2. The van der Waals surface area contributed by atoms with Gasteiger partial charge in [-0.05, 0) is 26.7 Å². The van der Waals surface area contributed by atoms with Crippen molar-refractivity contribution in [2.45, 2.75) is 51.9 Å². The molecule has 2 atom stereocenters. The van der Waals surface area contributed by atoms with Crippen molar-refractivity contribution in [2.24, 2.45) is 7.05 Å². The summed E-state index contributed by atoms with van der Waals surface area (Å²) in [6.07, 6.45) is -4.52. The van der Waals surface area contributed by atoms with Gasteiger partial charge in [-0.1, -0.05) is 0 Å². The molecule has 1 N–H and O–H groups in total. The fourth-order valence-electron chi connectivity index (χ4n) is 3.14. The highest BCUT2D eigenvalue weighted by Crippen LogP contribution is 2.32. The Morgan fingerprint density at radius 3 is 2.33 bits per heavy atom. The summed E-state index contributed by atoms with van der Waals surface area (Å²) >= 11 is 0. The zero-order valence-corrected chi connectivity index (χ0v) is 14.1. The van der Waals surface area contributed by atoms with Gasteiger partial charge in [-0.15, -0.1) is 0 Å². The molecule has 6 nitrogen and oxygen atoms in total. The van der Waals surface area contributed by atoms with E-state index in [2.05, 4.69) is 10.4 Å². The van der Waals surface area contributed by atoms with Crippen molar-refractivity contribution >= 4 is 11.8 Å². The van der Waals surface area contributed by atoms with Gasteiger partial charge in [0.15, 0.2) is 0 Å². The number of nitrogens with one attached hydrogen (secondary N) is 1. The lowest BCUT2D eigenvalue weighted by atomic mass is 9.97. The first kappa shape index (κ1) is 18.3. The standard InChI is InChI=1S/C15H21F3N4O2/c1-8-13(9(2)21(4)20-8)14(24)19-11-5-6-12(15(16,17)18)22(7-11)10(3)23/h11-12H,5-7H2,1-4H3,(H,19,24). The fraction of sp³-hybridized carbons (Fsp3) is 0.667. The van der Waals surface area contributed by atoms with E-state index in [-0.39, 0.29) is 25.3 Å². The molecule has 0 aromatic carbocycles. The number of halogens is 3. The summed E-state index contributed by atoms with van der Waals surface area (Å²) in [5.41, 5.74) is 1.65. The predicted octanol–water partition coefficient (Wildman–Crippen LogP) is 1.71. The van der Waals surface area contributed by atoms with Crippen LogP contribution in [-0.4, -0.2) is 51.3 Å². The highest BCUT2D eigenvalue weighted by molar-refractivity contribution is 5.96. The fourth-order valence-corrected chi connectivity index (χ4v) is 3.14. The Morgan fingerprint density at radius 2 is 1.88 bits per heavy atom. The average molecular weight is 346 g/mol. The Kier molecular flexibility index (Phi) is 4.91. The number of aromatic nitrogens is 2. The molecule has 2 rings (SSSR count). The largest absolute Gasteiger partial charge is 0.408 e. The Labute approximate surface area is 138 Å². The summed E-state index contributed by atoms with van der Waals surface area (Å²) in [6.45, 7) is 4.41. The summed E-state index contributed by atoms with van der Waals surface area (Å²) in [5, 5.41) is 6.89. The second-order valence-electron chi connectivity index (χ2n) is 6.15. The molecule has 1 aliphatic heterocycles. The molecule has 0 radical (unpaired) electrons. The van der Waals surface area contributed by atoms with Gasteiger partial charge in [0.05, 0.1) is 11.3 Å². The number of likely N-dealkylation sites (tertiary alicyclic amines) is 1. The minimum Gasteiger partial charge on any atom is -0.347 e. The van der Waals surface area contributed by atoms with E-state index < -0.39 is 24.2 Å². The Balaban J connectivity index is 2.12. The minimum atomic E-state index is -4.46. The maximum Gasteiger partial charge on any atom is 0.408 e. The summed E-state index contributed by atoms with van der Waals surface area (Å²) in [6, 6.07) is -2.30. The van der Waals surface area contributed by atoms with Gasteiger partial charge in [0, 0.05) is 32.3 Å². The number of amides is 2. The lowest BCUT2D eigenvalue weighted by molar-refractivity contribution is -0.196. The maximum absolute atomic E-state index is 13.0. The number of hydrogen-bond acceptors (Lipinski definition) is 3. The van der Waals surface area contributed by atoms with Crippen molar-refractivity contribution in [3.05, 3.63) is 17.0 Å². The van der Waals surface area contributed by atoms with Crippen LogP contribution in [0.5, 0.6) is 0 Å². The van der Waals surface area contributed by atoms with Crippen LogP contribution >= 0.6 is 0 Å². The molecule has 1 saturated heterocycles. The monoisotopic (exact) mass is 346 g/mol. The third-order valence-electron chi connectivity index (χ3n) is 4.44. The SMILES string of the molecule is CC(=O)N1CC(NC(=O)c2c(C)nn(C)c2C)CCC1C(F)(F)F. The average Bonchev–Trinajstić information content (AvgIpc) is 2.70. The molecule has 9 heteroatoms. The molecule has 1 aromatic heterocycles. The van der Waals surface area contributed by atoms with Gasteiger partial charge in [0.25, 0.3) is 5.91 Å². The van der Waals surface area contributed by atoms with Gasteiger partial charge in [0.2, 0.25) is 5.91 Å². The molecular formula is C15H21F3N4O2. The normalized spacial score (nSPS) is 21.7. The lowest BCUT2D eigenvalue weighted by Gasteiger charge is -2.40.